The Kier molecular flexibility index (Phi) is 14.6. The second-order valence-corrected chi connectivity index (χ2v) is 5.69. The molecule has 0 aliphatic heterocycles. The molecule has 0 radical (unpaired) electrons. The second-order valence-electron chi connectivity index (χ2n) is 5.69. The molecule has 0 unspecified atom stereocenters. The molecule has 0 amide bonds. The standard InChI is InChI=1S/C13H19.C5H5.2ClH.Zr/c1-13(12-8-4-5-9-12)10-6-2-3-7-11-13;1-2-4-5-3-1;;;/h8-9H,2-4,6-7,10-11H2,1H3;1-3H,4H2;2*1H;/q2*-1;;;+2. The molecule has 0 heterocycles. The SMILES string of the molecule is CC1(C2=CC[C-]=C2)CCCCCC1.Cl.Cl.[C-]1=CC=CC1.[Zr+2]. The Balaban J connectivity index is 0. The van der Waals surface area contributed by atoms with Crippen LogP contribution >= 0.6 is 24.8 Å². The van der Waals surface area contributed by atoms with Crippen LogP contribution in [0.3, 0.4) is 0 Å². The van der Waals surface area contributed by atoms with Crippen LogP contribution in [0.15, 0.2) is 36.0 Å². The zero-order valence-electron chi connectivity index (χ0n) is 12.9. The fourth-order valence-corrected chi connectivity index (χ4v) is 2.96. The van der Waals surface area contributed by atoms with E-state index in [2.05, 4.69) is 37.3 Å². The van der Waals surface area contributed by atoms with Crippen molar-refractivity contribution in [3.05, 3.63) is 48.1 Å². The van der Waals surface area contributed by atoms with Crippen LogP contribution in [0, 0.1) is 17.6 Å². The zero-order valence-corrected chi connectivity index (χ0v) is 17.0. The number of halogens is 2. The van der Waals surface area contributed by atoms with Crippen LogP contribution < -0.4 is 0 Å². The first-order chi connectivity index (χ1) is 8.81. The summed E-state index contributed by atoms with van der Waals surface area (Å²) < 4.78 is 0. The van der Waals surface area contributed by atoms with Gasteiger partial charge in [0.2, 0.25) is 0 Å². The summed E-state index contributed by atoms with van der Waals surface area (Å²) >= 11 is 0. The van der Waals surface area contributed by atoms with E-state index < -0.39 is 0 Å². The maximum absolute atomic E-state index is 3.30. The summed E-state index contributed by atoms with van der Waals surface area (Å²) in [6.07, 6.45) is 27.4. The molecule has 3 heteroatoms. The van der Waals surface area contributed by atoms with Crippen molar-refractivity contribution in [2.45, 2.75) is 58.3 Å². The van der Waals surface area contributed by atoms with Crippen LogP contribution in [-0.2, 0) is 26.2 Å². The van der Waals surface area contributed by atoms with E-state index in [0.29, 0.717) is 5.41 Å². The molecule has 0 nitrogen and oxygen atoms in total. The number of allylic oxidation sites excluding steroid dienone is 8. The summed E-state index contributed by atoms with van der Waals surface area (Å²) in [6.45, 7) is 2.44. The smallest absolute Gasteiger partial charge is 0.273 e. The largest absolute Gasteiger partial charge is 2.00 e. The third kappa shape index (κ3) is 8.01. The van der Waals surface area contributed by atoms with E-state index in [-0.39, 0.29) is 51.0 Å². The van der Waals surface area contributed by atoms with E-state index in [1.165, 1.54) is 38.5 Å². The van der Waals surface area contributed by atoms with Crippen molar-refractivity contribution < 1.29 is 26.2 Å². The molecular formula is C18H26Cl2Zr. The minimum Gasteiger partial charge on any atom is -0.273 e. The van der Waals surface area contributed by atoms with Crippen LogP contribution in [0.25, 0.3) is 0 Å². The van der Waals surface area contributed by atoms with Crippen LogP contribution in [-0.4, -0.2) is 0 Å². The van der Waals surface area contributed by atoms with Crippen LogP contribution in [0.1, 0.15) is 58.3 Å². The monoisotopic (exact) mass is 402 g/mol. The van der Waals surface area contributed by atoms with Crippen molar-refractivity contribution in [3.63, 3.8) is 0 Å². The Hall–Kier alpha value is 0.423. The molecule has 21 heavy (non-hydrogen) atoms. The zero-order chi connectivity index (χ0) is 12.7. The van der Waals surface area contributed by atoms with E-state index in [4.69, 9.17) is 0 Å². The van der Waals surface area contributed by atoms with Crippen LogP contribution in [0.4, 0.5) is 0 Å². The molecule has 0 saturated heterocycles. The Morgan fingerprint density at radius 2 is 1.62 bits per heavy atom. The summed E-state index contributed by atoms with van der Waals surface area (Å²) in [6, 6.07) is 0. The molecule has 0 bridgehead atoms. The predicted octanol–water partition coefficient (Wildman–Crippen LogP) is 6.18. The van der Waals surface area contributed by atoms with Crippen molar-refractivity contribution in [2.24, 2.45) is 5.41 Å². The summed E-state index contributed by atoms with van der Waals surface area (Å²) in [4.78, 5) is 0. The van der Waals surface area contributed by atoms with Gasteiger partial charge in [-0.1, -0.05) is 50.9 Å². The fraction of sp³-hybridized carbons (Fsp3) is 0.556. The van der Waals surface area contributed by atoms with Gasteiger partial charge in [0.05, 0.1) is 0 Å². The molecule has 0 spiro atoms. The number of rotatable bonds is 1. The predicted molar refractivity (Wildman–Crippen MR) is 92.4 cm³/mol. The Labute approximate surface area is 162 Å². The van der Waals surface area contributed by atoms with Gasteiger partial charge in [-0.05, 0) is 0 Å². The van der Waals surface area contributed by atoms with Crippen molar-refractivity contribution in [3.8, 4) is 0 Å². The first kappa shape index (κ1) is 23.7. The topological polar surface area (TPSA) is 0 Å². The van der Waals surface area contributed by atoms with E-state index in [1.807, 2.05) is 12.2 Å². The van der Waals surface area contributed by atoms with Gasteiger partial charge in [0.25, 0.3) is 0 Å². The molecule has 0 N–H and O–H groups in total. The quantitative estimate of drug-likeness (QED) is 0.361. The molecule has 0 aromatic rings. The van der Waals surface area contributed by atoms with Crippen LogP contribution in [0.2, 0.25) is 0 Å². The van der Waals surface area contributed by atoms with Crippen molar-refractivity contribution >= 4 is 24.8 Å². The molecule has 0 aromatic heterocycles. The Bertz CT molecular complexity index is 363. The summed E-state index contributed by atoms with van der Waals surface area (Å²) in [5.41, 5.74) is 2.05. The van der Waals surface area contributed by atoms with E-state index >= 15 is 0 Å². The van der Waals surface area contributed by atoms with Crippen molar-refractivity contribution in [1.29, 1.82) is 0 Å². The normalized spacial score (nSPS) is 20.9. The minimum absolute atomic E-state index is 0. The molecule has 3 aliphatic carbocycles. The maximum Gasteiger partial charge on any atom is 2.00 e. The molecule has 3 rings (SSSR count). The molecule has 1 saturated carbocycles. The van der Waals surface area contributed by atoms with Gasteiger partial charge < -0.3 is 0 Å². The first-order valence-corrected chi connectivity index (χ1v) is 7.30. The molecule has 3 aliphatic rings. The molecular weight excluding hydrogens is 378 g/mol. The molecule has 116 valence electrons. The first-order valence-electron chi connectivity index (χ1n) is 7.30. The van der Waals surface area contributed by atoms with Gasteiger partial charge in [0.1, 0.15) is 0 Å². The van der Waals surface area contributed by atoms with Gasteiger partial charge in [-0.2, -0.15) is 17.7 Å². The van der Waals surface area contributed by atoms with Gasteiger partial charge >= 0.3 is 26.2 Å². The average molecular weight is 405 g/mol. The minimum atomic E-state index is 0. The summed E-state index contributed by atoms with van der Waals surface area (Å²) in [7, 11) is 0. The van der Waals surface area contributed by atoms with Crippen LogP contribution in [0.5, 0.6) is 0 Å². The van der Waals surface area contributed by atoms with Gasteiger partial charge in [-0.15, -0.1) is 37.7 Å². The Morgan fingerprint density at radius 3 is 2.00 bits per heavy atom. The maximum atomic E-state index is 3.30. The Morgan fingerprint density at radius 1 is 0.952 bits per heavy atom. The van der Waals surface area contributed by atoms with Gasteiger partial charge in [0, 0.05) is 0 Å². The van der Waals surface area contributed by atoms with Gasteiger partial charge in [0.15, 0.2) is 0 Å². The van der Waals surface area contributed by atoms with Gasteiger partial charge in [-0.3, -0.25) is 12.2 Å². The third-order valence-electron chi connectivity index (χ3n) is 4.19. The molecule has 1 fully saturated rings. The average Bonchev–Trinajstić information content (AvgIpc) is 3.05. The third-order valence-corrected chi connectivity index (χ3v) is 4.19. The fourth-order valence-electron chi connectivity index (χ4n) is 2.96. The van der Waals surface area contributed by atoms with E-state index in [1.54, 1.807) is 5.57 Å². The van der Waals surface area contributed by atoms with Crippen molar-refractivity contribution in [1.82, 2.24) is 0 Å². The van der Waals surface area contributed by atoms with Crippen molar-refractivity contribution in [2.75, 3.05) is 0 Å². The van der Waals surface area contributed by atoms with E-state index in [0.717, 1.165) is 12.8 Å². The second kappa shape index (κ2) is 12.9. The molecule has 0 atom stereocenters. The van der Waals surface area contributed by atoms with E-state index in [9.17, 15) is 0 Å². The summed E-state index contributed by atoms with van der Waals surface area (Å²) in [5.74, 6) is 0. The van der Waals surface area contributed by atoms with Gasteiger partial charge in [-0.25, -0.2) is 18.2 Å². The number of hydrogen-bond acceptors (Lipinski definition) is 0. The number of hydrogen-bond donors (Lipinski definition) is 0. The summed E-state index contributed by atoms with van der Waals surface area (Å²) in [5, 5.41) is 0. The molecule has 0 aromatic carbocycles.